The van der Waals surface area contributed by atoms with Crippen molar-refractivity contribution >= 4 is 21.7 Å². The molecule has 7 heteroatoms. The lowest BCUT2D eigenvalue weighted by Gasteiger charge is -2.12. The van der Waals surface area contributed by atoms with Crippen molar-refractivity contribution in [2.75, 3.05) is 14.2 Å². The summed E-state index contributed by atoms with van der Waals surface area (Å²) in [6.07, 6.45) is 1.72. The number of ether oxygens (including phenoxy) is 2. The van der Waals surface area contributed by atoms with Crippen LogP contribution in [0.1, 0.15) is 18.1 Å². The average molecular weight is 401 g/mol. The number of benzene rings is 2. The van der Waals surface area contributed by atoms with E-state index in [1.54, 1.807) is 43.3 Å². The molecule has 2 aromatic rings. The molecule has 0 heterocycles. The lowest BCUT2D eigenvalue weighted by molar-refractivity contribution is 0.362. The van der Waals surface area contributed by atoms with E-state index in [-0.39, 0.29) is 10.7 Å². The van der Waals surface area contributed by atoms with Crippen molar-refractivity contribution in [3.05, 3.63) is 78.3 Å². The summed E-state index contributed by atoms with van der Waals surface area (Å²) >= 11 is 0. The molecular weight excluding hydrogens is 378 g/mol. The van der Waals surface area contributed by atoms with Crippen LogP contribution in [-0.2, 0) is 10.0 Å². The van der Waals surface area contributed by atoms with E-state index in [4.69, 9.17) is 9.47 Å². The molecule has 2 aromatic carbocycles. The summed E-state index contributed by atoms with van der Waals surface area (Å²) in [5, 5.41) is 10.0. The maximum atomic E-state index is 11.9. The summed E-state index contributed by atoms with van der Waals surface area (Å²) in [6.45, 7) is 9.05. The summed E-state index contributed by atoms with van der Waals surface area (Å²) < 4.78 is 36.8. The Kier molecular flexibility index (Phi) is 6.66. The minimum atomic E-state index is -3.54. The van der Waals surface area contributed by atoms with E-state index in [0.717, 1.165) is 5.56 Å². The van der Waals surface area contributed by atoms with Crippen molar-refractivity contribution in [1.29, 1.82) is 0 Å². The molecule has 0 amide bonds. The van der Waals surface area contributed by atoms with Crippen LogP contribution in [0.25, 0.3) is 11.6 Å². The third-order valence-corrected chi connectivity index (χ3v) is 5.27. The first kappa shape index (κ1) is 21.3. The fourth-order valence-electron chi connectivity index (χ4n) is 2.48. The van der Waals surface area contributed by atoms with E-state index in [2.05, 4.69) is 17.9 Å². The number of aliphatic hydroxyl groups is 1. The van der Waals surface area contributed by atoms with Gasteiger partial charge >= 0.3 is 0 Å². The summed E-state index contributed by atoms with van der Waals surface area (Å²) in [6, 6.07) is 11.4. The van der Waals surface area contributed by atoms with Gasteiger partial charge in [-0.2, -0.15) is 0 Å². The molecule has 0 aromatic heterocycles. The van der Waals surface area contributed by atoms with Gasteiger partial charge in [-0.3, -0.25) is 0 Å². The molecular formula is C21H23NO5S. The van der Waals surface area contributed by atoms with Crippen LogP contribution >= 0.6 is 0 Å². The highest BCUT2D eigenvalue weighted by Gasteiger charge is 2.13. The quantitative estimate of drug-likeness (QED) is 0.395. The fourth-order valence-corrected chi connectivity index (χ4v) is 3.21. The molecule has 2 rings (SSSR count). The molecule has 0 saturated heterocycles. The van der Waals surface area contributed by atoms with Crippen molar-refractivity contribution in [3.8, 4) is 11.5 Å². The highest BCUT2D eigenvalue weighted by molar-refractivity contribution is 7.89. The van der Waals surface area contributed by atoms with E-state index in [0.29, 0.717) is 28.4 Å². The van der Waals surface area contributed by atoms with Gasteiger partial charge in [0.2, 0.25) is 10.0 Å². The second kappa shape index (κ2) is 8.77. The van der Waals surface area contributed by atoms with Crippen LogP contribution in [0.3, 0.4) is 0 Å². The highest BCUT2D eigenvalue weighted by Crippen LogP contribution is 2.32. The maximum Gasteiger partial charge on any atom is 0.240 e. The topological polar surface area (TPSA) is 84.9 Å². The van der Waals surface area contributed by atoms with Crippen LogP contribution < -0.4 is 14.2 Å². The van der Waals surface area contributed by atoms with Crippen LogP contribution in [0.15, 0.2) is 72.0 Å². The zero-order chi connectivity index (χ0) is 20.9. The summed E-state index contributed by atoms with van der Waals surface area (Å²) in [4.78, 5) is 0.129. The summed E-state index contributed by atoms with van der Waals surface area (Å²) in [5.74, 6) is 1.42. The predicted octanol–water partition coefficient (Wildman–Crippen LogP) is 4.13. The van der Waals surface area contributed by atoms with Crippen molar-refractivity contribution in [1.82, 2.24) is 4.72 Å². The first-order chi connectivity index (χ1) is 13.2. The molecule has 148 valence electrons. The number of sulfonamides is 1. The monoisotopic (exact) mass is 401 g/mol. The Morgan fingerprint density at radius 1 is 1.11 bits per heavy atom. The number of methoxy groups -OCH3 is 1. The normalized spacial score (nSPS) is 11.8. The lowest BCUT2D eigenvalue weighted by Crippen LogP contribution is -2.18. The largest absolute Gasteiger partial charge is 0.508 e. The van der Waals surface area contributed by atoms with Crippen LogP contribution in [0, 0.1) is 0 Å². The average Bonchev–Trinajstić information content (AvgIpc) is 2.66. The Bertz CT molecular complexity index is 1020. The summed E-state index contributed by atoms with van der Waals surface area (Å²) in [7, 11) is -0.661. The van der Waals surface area contributed by atoms with Gasteiger partial charge in [0.25, 0.3) is 0 Å². The number of allylic oxidation sites excluding steroid dienone is 2. The van der Waals surface area contributed by atoms with E-state index in [1.165, 1.54) is 26.3 Å². The van der Waals surface area contributed by atoms with E-state index in [1.807, 2.05) is 0 Å². The van der Waals surface area contributed by atoms with Gasteiger partial charge in [0, 0.05) is 5.57 Å². The van der Waals surface area contributed by atoms with Gasteiger partial charge < -0.3 is 14.6 Å². The molecule has 0 aliphatic heterocycles. The fraction of sp³-hybridized carbons (Fsp3) is 0.143. The van der Waals surface area contributed by atoms with Crippen molar-refractivity contribution in [2.24, 2.45) is 0 Å². The van der Waals surface area contributed by atoms with Gasteiger partial charge in [-0.1, -0.05) is 31.4 Å². The first-order valence-electron chi connectivity index (χ1n) is 8.33. The molecule has 0 unspecified atom stereocenters. The third-order valence-electron chi connectivity index (χ3n) is 3.84. The van der Waals surface area contributed by atoms with Crippen molar-refractivity contribution in [2.45, 2.75) is 11.8 Å². The highest BCUT2D eigenvalue weighted by atomic mass is 32.2. The Labute approximate surface area is 165 Å². The molecule has 0 aliphatic carbocycles. The first-order valence-corrected chi connectivity index (χ1v) is 9.81. The zero-order valence-electron chi connectivity index (χ0n) is 16.0. The Morgan fingerprint density at radius 3 is 2.25 bits per heavy atom. The SMILES string of the molecule is C=C(C)Oc1ccc(/C=C(/C(=C)O)c2ccc(S(=O)(=O)NC)cc2)cc1OC. The predicted molar refractivity (Wildman–Crippen MR) is 111 cm³/mol. The molecule has 0 atom stereocenters. The molecule has 0 aliphatic rings. The van der Waals surface area contributed by atoms with Crippen LogP contribution in [0.5, 0.6) is 11.5 Å². The molecule has 0 fully saturated rings. The van der Waals surface area contributed by atoms with Crippen LogP contribution in [0.4, 0.5) is 0 Å². The van der Waals surface area contributed by atoms with Gasteiger partial charge in [-0.25, -0.2) is 13.1 Å². The molecule has 0 radical (unpaired) electrons. The van der Waals surface area contributed by atoms with Crippen molar-refractivity contribution < 1.29 is 23.0 Å². The van der Waals surface area contributed by atoms with Gasteiger partial charge in [0.15, 0.2) is 11.5 Å². The van der Waals surface area contributed by atoms with E-state index in [9.17, 15) is 13.5 Å². The van der Waals surface area contributed by atoms with E-state index < -0.39 is 10.0 Å². The second-order valence-corrected chi connectivity index (χ2v) is 7.84. The Morgan fingerprint density at radius 2 is 1.75 bits per heavy atom. The van der Waals surface area contributed by atoms with Gasteiger partial charge in [0.1, 0.15) is 5.76 Å². The Balaban J connectivity index is 2.45. The van der Waals surface area contributed by atoms with Crippen molar-refractivity contribution in [3.63, 3.8) is 0 Å². The van der Waals surface area contributed by atoms with E-state index >= 15 is 0 Å². The number of nitrogens with one attached hydrogen (secondary N) is 1. The maximum absolute atomic E-state index is 11.9. The number of hydrogen-bond donors (Lipinski definition) is 2. The van der Waals surface area contributed by atoms with Crippen LogP contribution in [0.2, 0.25) is 0 Å². The molecule has 2 N–H and O–H groups in total. The number of rotatable bonds is 8. The van der Waals surface area contributed by atoms with Gasteiger partial charge in [-0.15, -0.1) is 0 Å². The van der Waals surface area contributed by atoms with Gasteiger partial charge in [0.05, 0.1) is 17.8 Å². The third kappa shape index (κ3) is 5.03. The smallest absolute Gasteiger partial charge is 0.240 e. The van der Waals surface area contributed by atoms with Gasteiger partial charge in [-0.05, 0) is 55.4 Å². The second-order valence-electron chi connectivity index (χ2n) is 5.95. The molecule has 0 saturated carbocycles. The minimum absolute atomic E-state index is 0.129. The molecule has 28 heavy (non-hydrogen) atoms. The Hall–Kier alpha value is -3.03. The standard InChI is InChI=1S/C21H23NO5S/c1-14(2)27-20-11-6-16(13-21(20)26-5)12-19(15(3)23)17-7-9-18(10-8-17)28(24,25)22-4/h6-13,22-23H,1,3H2,2,4-5H3/b19-12-. The lowest BCUT2D eigenvalue weighted by atomic mass is 10.0. The minimum Gasteiger partial charge on any atom is -0.508 e. The number of aliphatic hydroxyl groups excluding tert-OH is 1. The molecule has 0 spiro atoms. The van der Waals surface area contributed by atoms with Crippen LogP contribution in [-0.4, -0.2) is 27.7 Å². The number of hydrogen-bond acceptors (Lipinski definition) is 5. The summed E-state index contributed by atoms with van der Waals surface area (Å²) in [5.41, 5.74) is 1.80. The molecule has 6 nitrogen and oxygen atoms in total. The zero-order valence-corrected chi connectivity index (χ0v) is 16.8. The molecule has 0 bridgehead atoms.